The lowest BCUT2D eigenvalue weighted by atomic mass is 10.0. The van der Waals surface area contributed by atoms with Gasteiger partial charge in [0.1, 0.15) is 6.04 Å². The highest BCUT2D eigenvalue weighted by Gasteiger charge is 2.51. The minimum atomic E-state index is -4.20. The van der Waals surface area contributed by atoms with Crippen LogP contribution in [0.15, 0.2) is 0 Å². The Bertz CT molecular complexity index is 259. The van der Waals surface area contributed by atoms with Crippen LogP contribution >= 0.6 is 0 Å². The Balaban J connectivity index is 2.09. The van der Waals surface area contributed by atoms with E-state index in [4.69, 9.17) is 5.73 Å². The normalized spacial score (nSPS) is 25.1. The van der Waals surface area contributed by atoms with E-state index < -0.39 is 18.3 Å². The maximum atomic E-state index is 13.1. The Morgan fingerprint density at radius 3 is 2.18 bits per heavy atom. The first-order chi connectivity index (χ1) is 7.93. The number of rotatable bonds is 6. The van der Waals surface area contributed by atoms with Crippen LogP contribution in [0.3, 0.4) is 0 Å². The van der Waals surface area contributed by atoms with Gasteiger partial charge in [0.15, 0.2) is 0 Å². The summed E-state index contributed by atoms with van der Waals surface area (Å²) in [6.45, 7) is 2.31. The second-order valence-electron chi connectivity index (χ2n) is 5.43. The molecule has 2 atom stereocenters. The van der Waals surface area contributed by atoms with Crippen LogP contribution in [-0.2, 0) is 0 Å². The molecular formula is C12H21F3N2. The minimum absolute atomic E-state index is 0.125. The fourth-order valence-corrected chi connectivity index (χ4v) is 2.39. The second kappa shape index (κ2) is 4.76. The van der Waals surface area contributed by atoms with Gasteiger partial charge >= 0.3 is 6.18 Å². The summed E-state index contributed by atoms with van der Waals surface area (Å²) in [5.74, 6) is 0.476. The summed E-state index contributed by atoms with van der Waals surface area (Å²) >= 11 is 0. The summed E-state index contributed by atoms with van der Waals surface area (Å²) in [6, 6.07) is -2.12. The smallest absolute Gasteiger partial charge is 0.326 e. The molecule has 2 fully saturated rings. The van der Waals surface area contributed by atoms with Crippen LogP contribution in [0.4, 0.5) is 13.2 Å². The molecule has 2 unspecified atom stereocenters. The van der Waals surface area contributed by atoms with Crippen molar-refractivity contribution < 1.29 is 13.2 Å². The molecule has 17 heavy (non-hydrogen) atoms. The Labute approximate surface area is 100 Å². The van der Waals surface area contributed by atoms with Crippen LogP contribution in [0.1, 0.15) is 39.0 Å². The average Bonchev–Trinajstić information content (AvgIpc) is 3.07. The molecule has 0 spiro atoms. The summed E-state index contributed by atoms with van der Waals surface area (Å²) < 4.78 is 39.4. The standard InChI is InChI=1S/C12H21F3N2/c1-2-10(16)11(12(13,14)15)17(9-5-6-9)7-8-3-4-8/h8-11H,2-7,16H2,1H3. The van der Waals surface area contributed by atoms with Crippen LogP contribution in [0, 0.1) is 5.92 Å². The van der Waals surface area contributed by atoms with Crippen LogP contribution in [-0.4, -0.2) is 35.7 Å². The molecule has 2 aliphatic carbocycles. The molecule has 100 valence electrons. The third-order valence-corrected chi connectivity index (χ3v) is 3.75. The molecule has 0 aromatic heterocycles. The zero-order chi connectivity index (χ0) is 12.6. The summed E-state index contributed by atoms with van der Waals surface area (Å²) in [4.78, 5) is 1.64. The summed E-state index contributed by atoms with van der Waals surface area (Å²) in [7, 11) is 0. The van der Waals surface area contributed by atoms with Crippen LogP contribution in [0.5, 0.6) is 0 Å². The minimum Gasteiger partial charge on any atom is -0.326 e. The Hall–Kier alpha value is -0.290. The van der Waals surface area contributed by atoms with Gasteiger partial charge in [0.05, 0.1) is 0 Å². The zero-order valence-corrected chi connectivity index (χ0v) is 10.2. The highest BCUT2D eigenvalue weighted by molar-refractivity contribution is 4.97. The molecule has 0 heterocycles. The van der Waals surface area contributed by atoms with Crippen molar-refractivity contribution in [1.29, 1.82) is 0 Å². The monoisotopic (exact) mass is 250 g/mol. The van der Waals surface area contributed by atoms with Crippen molar-refractivity contribution in [2.75, 3.05) is 6.54 Å². The van der Waals surface area contributed by atoms with Gasteiger partial charge in [-0.1, -0.05) is 6.92 Å². The molecule has 0 radical (unpaired) electrons. The summed E-state index contributed by atoms with van der Waals surface area (Å²) in [6.07, 6.45) is 0.126. The van der Waals surface area contributed by atoms with Crippen molar-refractivity contribution in [2.45, 2.75) is 63.3 Å². The van der Waals surface area contributed by atoms with Gasteiger partial charge < -0.3 is 5.73 Å². The molecule has 0 bridgehead atoms. The Morgan fingerprint density at radius 1 is 1.24 bits per heavy atom. The van der Waals surface area contributed by atoms with E-state index in [0.717, 1.165) is 25.7 Å². The lowest BCUT2D eigenvalue weighted by Crippen LogP contribution is -2.57. The molecule has 5 heteroatoms. The number of nitrogens with two attached hydrogens (primary N) is 1. The molecule has 2 aliphatic rings. The fourth-order valence-electron chi connectivity index (χ4n) is 2.39. The van der Waals surface area contributed by atoms with Crippen LogP contribution in [0.25, 0.3) is 0 Å². The fraction of sp³-hybridized carbons (Fsp3) is 1.00. The number of alkyl halides is 3. The average molecular weight is 250 g/mol. The quantitative estimate of drug-likeness (QED) is 0.785. The van der Waals surface area contributed by atoms with E-state index in [1.165, 1.54) is 0 Å². The number of hydrogen-bond donors (Lipinski definition) is 1. The third kappa shape index (κ3) is 3.35. The number of nitrogens with zero attached hydrogens (tertiary/aromatic N) is 1. The molecule has 0 aromatic rings. The first-order valence-corrected chi connectivity index (χ1v) is 6.51. The van der Waals surface area contributed by atoms with Crippen molar-refractivity contribution in [3.63, 3.8) is 0 Å². The molecule has 0 saturated heterocycles. The van der Waals surface area contributed by atoms with E-state index in [1.54, 1.807) is 11.8 Å². The molecular weight excluding hydrogens is 229 g/mol. The first-order valence-electron chi connectivity index (χ1n) is 6.51. The SMILES string of the molecule is CCC(N)C(N(CC1CC1)C1CC1)C(F)(F)F. The molecule has 2 nitrogen and oxygen atoms in total. The third-order valence-electron chi connectivity index (χ3n) is 3.75. The van der Waals surface area contributed by atoms with E-state index in [0.29, 0.717) is 18.9 Å². The largest absolute Gasteiger partial charge is 0.405 e. The van der Waals surface area contributed by atoms with Gasteiger partial charge in [0.2, 0.25) is 0 Å². The van der Waals surface area contributed by atoms with Gasteiger partial charge in [-0.25, -0.2) is 0 Å². The Kier molecular flexibility index (Phi) is 3.69. The molecule has 2 N–H and O–H groups in total. The van der Waals surface area contributed by atoms with Crippen LogP contribution < -0.4 is 5.73 Å². The first kappa shape index (κ1) is 13.1. The predicted octanol–water partition coefficient (Wildman–Crippen LogP) is 2.53. The van der Waals surface area contributed by atoms with Gasteiger partial charge in [-0.3, -0.25) is 4.90 Å². The van der Waals surface area contributed by atoms with Crippen molar-refractivity contribution in [2.24, 2.45) is 11.7 Å². The van der Waals surface area contributed by atoms with Crippen molar-refractivity contribution >= 4 is 0 Å². The topological polar surface area (TPSA) is 29.3 Å². The highest BCUT2D eigenvalue weighted by atomic mass is 19.4. The summed E-state index contributed by atoms with van der Waals surface area (Å²) in [5, 5.41) is 0. The van der Waals surface area contributed by atoms with E-state index in [-0.39, 0.29) is 6.04 Å². The molecule has 0 aromatic carbocycles. The number of hydrogen-bond acceptors (Lipinski definition) is 2. The van der Waals surface area contributed by atoms with E-state index in [9.17, 15) is 13.2 Å². The second-order valence-corrected chi connectivity index (χ2v) is 5.43. The van der Waals surface area contributed by atoms with Gasteiger partial charge in [0.25, 0.3) is 0 Å². The van der Waals surface area contributed by atoms with Gasteiger partial charge in [-0.05, 0) is 38.0 Å². The van der Waals surface area contributed by atoms with Crippen molar-refractivity contribution in [1.82, 2.24) is 4.90 Å². The van der Waals surface area contributed by atoms with E-state index >= 15 is 0 Å². The molecule has 0 aliphatic heterocycles. The van der Waals surface area contributed by atoms with E-state index in [1.807, 2.05) is 0 Å². The Morgan fingerprint density at radius 2 is 1.82 bits per heavy atom. The van der Waals surface area contributed by atoms with Crippen molar-refractivity contribution in [3.8, 4) is 0 Å². The zero-order valence-electron chi connectivity index (χ0n) is 10.2. The maximum absolute atomic E-state index is 13.1. The van der Waals surface area contributed by atoms with Gasteiger partial charge in [-0.2, -0.15) is 13.2 Å². The molecule has 2 saturated carbocycles. The lowest BCUT2D eigenvalue weighted by Gasteiger charge is -2.36. The van der Waals surface area contributed by atoms with E-state index in [2.05, 4.69) is 0 Å². The molecule has 0 amide bonds. The van der Waals surface area contributed by atoms with Crippen LogP contribution in [0.2, 0.25) is 0 Å². The van der Waals surface area contributed by atoms with Gasteiger partial charge in [-0.15, -0.1) is 0 Å². The lowest BCUT2D eigenvalue weighted by molar-refractivity contribution is -0.191. The van der Waals surface area contributed by atoms with Crippen molar-refractivity contribution in [3.05, 3.63) is 0 Å². The molecule has 2 rings (SSSR count). The summed E-state index contributed by atoms with van der Waals surface area (Å²) in [5.41, 5.74) is 5.70. The van der Waals surface area contributed by atoms with Gasteiger partial charge in [0, 0.05) is 18.6 Å². The highest BCUT2D eigenvalue weighted by Crippen LogP contribution is 2.40. The maximum Gasteiger partial charge on any atom is 0.405 e. The predicted molar refractivity (Wildman–Crippen MR) is 60.6 cm³/mol. The number of halogens is 3.